The molecule has 7 heteroatoms. The largest absolute Gasteiger partial charge is 0.497 e. The maximum Gasteiger partial charge on any atom is 0.271 e. The third kappa shape index (κ3) is 3.48. The molecule has 0 saturated heterocycles. The lowest BCUT2D eigenvalue weighted by molar-refractivity contribution is 0.0946. The standard InChI is InChI=1S/C20H17N5O2/c1-27-16-4-2-15(3-5-16)18-19-24-17(13-25(19)11-10-22-18)20(26)23-12-14-6-8-21-9-7-14/h2-11,13H,12H2,1H3,(H,23,26). The fourth-order valence-electron chi connectivity index (χ4n) is 2.76. The van der Waals surface area contributed by atoms with Crippen LogP contribution in [-0.2, 0) is 6.54 Å². The molecule has 0 saturated carbocycles. The Morgan fingerprint density at radius 3 is 2.63 bits per heavy atom. The number of ether oxygens (including phenoxy) is 1. The van der Waals surface area contributed by atoms with Crippen molar-refractivity contribution in [1.82, 2.24) is 24.7 Å². The molecule has 27 heavy (non-hydrogen) atoms. The number of nitrogens with zero attached hydrogens (tertiary/aromatic N) is 4. The van der Waals surface area contributed by atoms with Crippen LogP contribution in [0.1, 0.15) is 16.1 Å². The number of hydrogen-bond donors (Lipinski definition) is 1. The second-order valence-electron chi connectivity index (χ2n) is 5.90. The highest BCUT2D eigenvalue weighted by Crippen LogP contribution is 2.24. The zero-order chi connectivity index (χ0) is 18.6. The predicted molar refractivity (Wildman–Crippen MR) is 100 cm³/mol. The van der Waals surface area contributed by atoms with E-state index in [0.29, 0.717) is 23.6 Å². The Morgan fingerprint density at radius 1 is 1.11 bits per heavy atom. The van der Waals surface area contributed by atoms with E-state index in [1.807, 2.05) is 36.4 Å². The van der Waals surface area contributed by atoms with Gasteiger partial charge in [0.25, 0.3) is 5.91 Å². The van der Waals surface area contributed by atoms with Crippen molar-refractivity contribution in [3.8, 4) is 17.0 Å². The molecule has 1 amide bonds. The van der Waals surface area contributed by atoms with E-state index in [-0.39, 0.29) is 5.91 Å². The molecule has 3 heterocycles. The van der Waals surface area contributed by atoms with Crippen molar-refractivity contribution < 1.29 is 9.53 Å². The summed E-state index contributed by atoms with van der Waals surface area (Å²) >= 11 is 0. The summed E-state index contributed by atoms with van der Waals surface area (Å²) in [4.78, 5) is 25.4. The Labute approximate surface area is 155 Å². The van der Waals surface area contributed by atoms with Crippen molar-refractivity contribution in [3.63, 3.8) is 0 Å². The van der Waals surface area contributed by atoms with Gasteiger partial charge in [-0.1, -0.05) is 0 Å². The van der Waals surface area contributed by atoms with E-state index in [1.54, 1.807) is 42.5 Å². The lowest BCUT2D eigenvalue weighted by Crippen LogP contribution is -2.23. The quantitative estimate of drug-likeness (QED) is 0.592. The molecule has 1 N–H and O–H groups in total. The second kappa shape index (κ2) is 7.25. The summed E-state index contributed by atoms with van der Waals surface area (Å²) in [5.41, 5.74) is 3.54. The van der Waals surface area contributed by atoms with Gasteiger partial charge < -0.3 is 14.5 Å². The van der Waals surface area contributed by atoms with Crippen LogP contribution in [0.3, 0.4) is 0 Å². The van der Waals surface area contributed by atoms with E-state index in [2.05, 4.69) is 20.3 Å². The summed E-state index contributed by atoms with van der Waals surface area (Å²) < 4.78 is 6.99. The van der Waals surface area contributed by atoms with Gasteiger partial charge >= 0.3 is 0 Å². The van der Waals surface area contributed by atoms with Gasteiger partial charge in [0.2, 0.25) is 0 Å². The number of carbonyl (C=O) groups is 1. The maximum atomic E-state index is 12.5. The van der Waals surface area contributed by atoms with E-state index in [0.717, 1.165) is 16.9 Å². The first-order chi connectivity index (χ1) is 13.2. The Hall–Kier alpha value is -3.74. The highest BCUT2D eigenvalue weighted by molar-refractivity contribution is 5.93. The zero-order valence-electron chi connectivity index (χ0n) is 14.7. The molecule has 0 aliphatic carbocycles. The molecule has 1 aromatic carbocycles. The summed E-state index contributed by atoms with van der Waals surface area (Å²) in [6.07, 6.45) is 8.55. The Balaban J connectivity index is 1.61. The smallest absolute Gasteiger partial charge is 0.271 e. The van der Waals surface area contributed by atoms with Crippen LogP contribution in [-0.4, -0.2) is 32.4 Å². The number of hydrogen-bond acceptors (Lipinski definition) is 5. The van der Waals surface area contributed by atoms with Crippen LogP contribution >= 0.6 is 0 Å². The Bertz CT molecular complexity index is 1070. The first kappa shape index (κ1) is 16.7. The van der Waals surface area contributed by atoms with Gasteiger partial charge in [0.05, 0.1) is 7.11 Å². The molecule has 0 fully saturated rings. The minimum atomic E-state index is -0.240. The minimum Gasteiger partial charge on any atom is -0.497 e. The van der Waals surface area contributed by atoms with Gasteiger partial charge in [0.1, 0.15) is 17.1 Å². The molecule has 4 aromatic rings. The Kier molecular flexibility index (Phi) is 4.49. The van der Waals surface area contributed by atoms with E-state index in [1.165, 1.54) is 0 Å². The highest BCUT2D eigenvalue weighted by atomic mass is 16.5. The minimum absolute atomic E-state index is 0.240. The van der Waals surface area contributed by atoms with Gasteiger partial charge in [-0.15, -0.1) is 0 Å². The van der Waals surface area contributed by atoms with Gasteiger partial charge in [-0.3, -0.25) is 14.8 Å². The molecule has 0 atom stereocenters. The molecule has 4 rings (SSSR count). The van der Waals surface area contributed by atoms with Crippen LogP contribution in [0.2, 0.25) is 0 Å². The number of rotatable bonds is 5. The maximum absolute atomic E-state index is 12.5. The van der Waals surface area contributed by atoms with Gasteiger partial charge in [0.15, 0.2) is 5.65 Å². The highest BCUT2D eigenvalue weighted by Gasteiger charge is 2.14. The van der Waals surface area contributed by atoms with E-state index in [9.17, 15) is 4.79 Å². The van der Waals surface area contributed by atoms with E-state index in [4.69, 9.17) is 4.74 Å². The lowest BCUT2D eigenvalue weighted by Gasteiger charge is -2.04. The molecule has 134 valence electrons. The number of methoxy groups -OCH3 is 1. The molecule has 0 bridgehead atoms. The number of amides is 1. The molecule has 0 radical (unpaired) electrons. The first-order valence-corrected chi connectivity index (χ1v) is 8.40. The zero-order valence-corrected chi connectivity index (χ0v) is 14.7. The van der Waals surface area contributed by atoms with Crippen molar-refractivity contribution in [1.29, 1.82) is 0 Å². The van der Waals surface area contributed by atoms with Gasteiger partial charge in [-0.05, 0) is 42.0 Å². The van der Waals surface area contributed by atoms with E-state index < -0.39 is 0 Å². The van der Waals surface area contributed by atoms with Crippen LogP contribution < -0.4 is 10.1 Å². The number of aromatic nitrogens is 4. The monoisotopic (exact) mass is 359 g/mol. The fourth-order valence-corrected chi connectivity index (χ4v) is 2.76. The molecular formula is C20H17N5O2. The van der Waals surface area contributed by atoms with Crippen molar-refractivity contribution in [2.24, 2.45) is 0 Å². The van der Waals surface area contributed by atoms with Gasteiger partial charge in [0, 0.05) is 43.1 Å². The first-order valence-electron chi connectivity index (χ1n) is 8.40. The van der Waals surface area contributed by atoms with Crippen molar-refractivity contribution in [3.05, 3.63) is 78.6 Å². The van der Waals surface area contributed by atoms with Crippen molar-refractivity contribution in [2.75, 3.05) is 7.11 Å². The summed E-state index contributed by atoms with van der Waals surface area (Å²) in [5, 5.41) is 2.87. The van der Waals surface area contributed by atoms with Crippen LogP contribution in [0.25, 0.3) is 16.9 Å². The molecule has 0 spiro atoms. The summed E-state index contributed by atoms with van der Waals surface area (Å²) in [5.74, 6) is 0.529. The molecule has 0 aliphatic rings. The Morgan fingerprint density at radius 2 is 1.89 bits per heavy atom. The number of nitrogens with one attached hydrogen (secondary N) is 1. The van der Waals surface area contributed by atoms with Crippen LogP contribution in [0.5, 0.6) is 5.75 Å². The van der Waals surface area contributed by atoms with Gasteiger partial charge in [-0.2, -0.15) is 0 Å². The average Bonchev–Trinajstić information content (AvgIpc) is 3.17. The van der Waals surface area contributed by atoms with Crippen molar-refractivity contribution in [2.45, 2.75) is 6.54 Å². The van der Waals surface area contributed by atoms with Gasteiger partial charge in [-0.25, -0.2) is 4.98 Å². The van der Waals surface area contributed by atoms with E-state index >= 15 is 0 Å². The molecule has 0 unspecified atom stereocenters. The molecule has 7 nitrogen and oxygen atoms in total. The third-order valence-electron chi connectivity index (χ3n) is 4.17. The number of imidazole rings is 1. The number of carbonyl (C=O) groups excluding carboxylic acids is 1. The SMILES string of the molecule is COc1ccc(-c2nccn3cc(C(=O)NCc4ccncc4)nc23)cc1. The lowest BCUT2D eigenvalue weighted by atomic mass is 10.1. The molecule has 3 aromatic heterocycles. The van der Waals surface area contributed by atoms with Crippen LogP contribution in [0.4, 0.5) is 0 Å². The predicted octanol–water partition coefficient (Wildman–Crippen LogP) is 2.73. The van der Waals surface area contributed by atoms with Crippen LogP contribution in [0, 0.1) is 0 Å². The topological polar surface area (TPSA) is 81.4 Å². The fraction of sp³-hybridized carbons (Fsp3) is 0.100. The molecule has 0 aliphatic heterocycles. The third-order valence-corrected chi connectivity index (χ3v) is 4.17. The van der Waals surface area contributed by atoms with Crippen LogP contribution in [0.15, 0.2) is 67.4 Å². The number of benzene rings is 1. The number of fused-ring (bicyclic) bond motifs is 1. The normalized spacial score (nSPS) is 10.7. The average molecular weight is 359 g/mol. The second-order valence-corrected chi connectivity index (χ2v) is 5.90. The van der Waals surface area contributed by atoms with Crippen molar-refractivity contribution >= 4 is 11.6 Å². The summed E-state index contributed by atoms with van der Waals surface area (Å²) in [7, 11) is 1.62. The molecular weight excluding hydrogens is 342 g/mol. The summed E-state index contributed by atoms with van der Waals surface area (Å²) in [6, 6.07) is 11.3. The number of pyridine rings is 1. The summed E-state index contributed by atoms with van der Waals surface area (Å²) in [6.45, 7) is 0.415.